The first-order valence-electron chi connectivity index (χ1n) is 15.9. The second kappa shape index (κ2) is 10.6. The van der Waals surface area contributed by atoms with Gasteiger partial charge in [0.2, 0.25) is 0 Å². The average Bonchev–Trinajstić information content (AvgIpc) is 3.44. The highest BCUT2D eigenvalue weighted by Gasteiger charge is 2.20. The van der Waals surface area contributed by atoms with Gasteiger partial charge in [-0.3, -0.25) is 0 Å². The minimum atomic E-state index is 0.917. The summed E-state index contributed by atoms with van der Waals surface area (Å²) in [6, 6.07) is 46.2. The molecule has 0 amide bonds. The molecular formula is C44H34O. The van der Waals surface area contributed by atoms with Crippen LogP contribution in [0.2, 0.25) is 0 Å². The van der Waals surface area contributed by atoms with Crippen molar-refractivity contribution in [2.45, 2.75) is 27.2 Å². The van der Waals surface area contributed by atoms with E-state index in [1.54, 1.807) is 0 Å². The highest BCUT2D eigenvalue weighted by molar-refractivity contribution is 6.26. The summed E-state index contributed by atoms with van der Waals surface area (Å²) in [5, 5.41) is 13.5. The number of furan rings is 1. The number of fused-ring (bicyclic) bond motifs is 5. The van der Waals surface area contributed by atoms with Crippen LogP contribution >= 0.6 is 0 Å². The molecule has 1 heterocycles. The maximum atomic E-state index is 6.17. The van der Waals surface area contributed by atoms with Gasteiger partial charge in [0.25, 0.3) is 0 Å². The molecule has 0 aliphatic rings. The number of aryl methyl sites for hydroxylation is 1. The normalized spacial score (nSPS) is 11.6. The molecule has 0 atom stereocenters. The molecule has 9 rings (SSSR count). The summed E-state index contributed by atoms with van der Waals surface area (Å²) in [6.07, 6.45) is 1.25. The van der Waals surface area contributed by atoms with Crippen LogP contribution in [0, 0.1) is 6.92 Å². The Labute approximate surface area is 263 Å². The van der Waals surface area contributed by atoms with E-state index in [1.807, 2.05) is 12.1 Å². The first-order chi connectivity index (χ1) is 22.1. The van der Waals surface area contributed by atoms with E-state index < -0.39 is 0 Å². The second-order valence-corrected chi connectivity index (χ2v) is 12.1. The van der Waals surface area contributed by atoms with Crippen LogP contribution in [0.3, 0.4) is 0 Å². The molecule has 0 saturated carbocycles. The van der Waals surface area contributed by atoms with Crippen LogP contribution in [0.5, 0.6) is 0 Å². The fraction of sp³-hybridized carbons (Fsp3) is 0.0909. The van der Waals surface area contributed by atoms with E-state index in [-0.39, 0.29) is 0 Å². The van der Waals surface area contributed by atoms with E-state index in [1.165, 1.54) is 77.3 Å². The van der Waals surface area contributed by atoms with Crippen molar-refractivity contribution in [3.63, 3.8) is 0 Å². The fourth-order valence-corrected chi connectivity index (χ4v) is 7.23. The molecule has 0 unspecified atom stereocenters. The highest BCUT2D eigenvalue weighted by atomic mass is 16.3. The summed E-state index contributed by atoms with van der Waals surface area (Å²) < 4.78 is 6.17. The third-order valence-electron chi connectivity index (χ3n) is 9.07. The summed E-state index contributed by atoms with van der Waals surface area (Å²) in [6.45, 7) is 10.8. The first kappa shape index (κ1) is 27.2. The van der Waals surface area contributed by atoms with Crippen molar-refractivity contribution < 1.29 is 4.42 Å². The third kappa shape index (κ3) is 4.15. The molecule has 0 aliphatic heterocycles. The zero-order valence-corrected chi connectivity index (χ0v) is 25.9. The van der Waals surface area contributed by atoms with Gasteiger partial charge in [-0.2, -0.15) is 0 Å². The summed E-state index contributed by atoms with van der Waals surface area (Å²) in [5.74, 6) is 0. The predicted molar refractivity (Wildman–Crippen MR) is 196 cm³/mol. The standard InChI is InChI=1S/C41H26O.C3H8/c1-24-15-17-26-18-21-34(33-20-16-25(2)38(24)40(26)33)41-31-12-5-3-10-29(31)39(30-11-4-6-13-32(30)41)27-19-22-37-35(23-27)28-9-7-8-14-36(28)42-37;1-3-2/h3-23H,1H2,2H3;3H2,1-2H3. The largest absolute Gasteiger partial charge is 0.456 e. The summed E-state index contributed by atoms with van der Waals surface area (Å²) in [7, 11) is 0. The molecule has 0 radical (unpaired) electrons. The van der Waals surface area contributed by atoms with Gasteiger partial charge in [-0.25, -0.2) is 0 Å². The van der Waals surface area contributed by atoms with Gasteiger partial charge >= 0.3 is 0 Å². The van der Waals surface area contributed by atoms with E-state index in [0.29, 0.717) is 0 Å². The monoisotopic (exact) mass is 578 g/mol. The van der Waals surface area contributed by atoms with E-state index >= 15 is 0 Å². The number of hydrogen-bond acceptors (Lipinski definition) is 1. The smallest absolute Gasteiger partial charge is 0.135 e. The number of hydrogen-bond donors (Lipinski definition) is 0. The molecule has 45 heavy (non-hydrogen) atoms. The van der Waals surface area contributed by atoms with Gasteiger partial charge in [0.05, 0.1) is 0 Å². The van der Waals surface area contributed by atoms with Crippen LogP contribution in [-0.4, -0.2) is 0 Å². The zero-order chi connectivity index (χ0) is 30.7. The molecule has 9 aromatic rings. The second-order valence-electron chi connectivity index (χ2n) is 12.1. The van der Waals surface area contributed by atoms with E-state index in [2.05, 4.69) is 143 Å². The molecule has 1 nitrogen and oxygen atoms in total. The quantitative estimate of drug-likeness (QED) is 0.186. The lowest BCUT2D eigenvalue weighted by Gasteiger charge is -2.20. The van der Waals surface area contributed by atoms with Crippen molar-refractivity contribution in [1.82, 2.24) is 0 Å². The van der Waals surface area contributed by atoms with Crippen LogP contribution in [0.15, 0.2) is 132 Å². The molecule has 8 aromatic carbocycles. The number of benzene rings is 8. The van der Waals surface area contributed by atoms with Crippen molar-refractivity contribution >= 4 is 71.6 Å². The van der Waals surface area contributed by atoms with Crippen molar-refractivity contribution in [2.24, 2.45) is 0 Å². The van der Waals surface area contributed by atoms with Crippen molar-refractivity contribution in [3.05, 3.63) is 138 Å². The van der Waals surface area contributed by atoms with Gasteiger partial charge < -0.3 is 4.42 Å². The Kier molecular flexibility index (Phi) is 6.43. The Morgan fingerprint density at radius 1 is 0.511 bits per heavy atom. The Morgan fingerprint density at radius 3 is 1.78 bits per heavy atom. The van der Waals surface area contributed by atoms with Gasteiger partial charge in [-0.1, -0.05) is 136 Å². The van der Waals surface area contributed by atoms with Gasteiger partial charge in [-0.15, -0.1) is 0 Å². The van der Waals surface area contributed by atoms with E-state index in [9.17, 15) is 0 Å². The van der Waals surface area contributed by atoms with Crippen LogP contribution in [0.4, 0.5) is 0 Å². The maximum Gasteiger partial charge on any atom is 0.135 e. The Morgan fingerprint density at radius 2 is 1.09 bits per heavy atom. The fourth-order valence-electron chi connectivity index (χ4n) is 7.23. The molecule has 0 N–H and O–H groups in total. The molecule has 0 spiro atoms. The number of rotatable bonds is 2. The average molecular weight is 579 g/mol. The van der Waals surface area contributed by atoms with Gasteiger partial charge in [-0.05, 0) is 101 Å². The number of para-hydroxylation sites is 1. The molecule has 0 saturated heterocycles. The lowest BCUT2D eigenvalue weighted by molar-refractivity contribution is 0.669. The minimum absolute atomic E-state index is 0.917. The van der Waals surface area contributed by atoms with Crippen LogP contribution < -0.4 is 5.22 Å². The Balaban J connectivity index is 0.000000966. The predicted octanol–water partition coefficient (Wildman–Crippen LogP) is 12.4. The molecule has 1 aromatic heterocycles. The SMILES string of the molecule is C=c1ccc2ccc(-c3c4ccccc4c(-c4ccc5oc6ccccc6c5c4)c4ccccc34)c3ccc(C)c1c23.CCC. The Bertz CT molecular complexity index is 2560. The van der Waals surface area contributed by atoms with Crippen LogP contribution in [0.25, 0.3) is 93.9 Å². The molecule has 0 bridgehead atoms. The minimum Gasteiger partial charge on any atom is -0.456 e. The topological polar surface area (TPSA) is 13.1 Å². The van der Waals surface area contributed by atoms with Crippen LogP contribution in [0.1, 0.15) is 25.8 Å². The summed E-state index contributed by atoms with van der Waals surface area (Å²) in [4.78, 5) is 0. The lowest BCUT2D eigenvalue weighted by atomic mass is 9.83. The zero-order valence-electron chi connectivity index (χ0n) is 25.9. The molecule has 1 heteroatoms. The third-order valence-corrected chi connectivity index (χ3v) is 9.07. The lowest BCUT2D eigenvalue weighted by Crippen LogP contribution is -2.02. The molecular weight excluding hydrogens is 544 g/mol. The van der Waals surface area contributed by atoms with E-state index in [4.69, 9.17) is 4.42 Å². The Hall–Kier alpha value is -5.40. The van der Waals surface area contributed by atoms with Crippen molar-refractivity contribution in [2.75, 3.05) is 0 Å². The molecule has 0 aliphatic carbocycles. The van der Waals surface area contributed by atoms with Crippen molar-refractivity contribution in [3.8, 4) is 22.3 Å². The maximum absolute atomic E-state index is 6.17. The van der Waals surface area contributed by atoms with Gasteiger partial charge in [0.1, 0.15) is 11.2 Å². The van der Waals surface area contributed by atoms with Crippen LogP contribution in [-0.2, 0) is 0 Å². The molecule has 0 fully saturated rings. The molecule has 216 valence electrons. The van der Waals surface area contributed by atoms with Gasteiger partial charge in [0, 0.05) is 10.8 Å². The summed E-state index contributed by atoms with van der Waals surface area (Å²) >= 11 is 0. The van der Waals surface area contributed by atoms with Gasteiger partial charge in [0.15, 0.2) is 0 Å². The highest BCUT2D eigenvalue weighted by Crippen LogP contribution is 2.47. The van der Waals surface area contributed by atoms with E-state index in [0.717, 1.165) is 27.2 Å². The first-order valence-corrected chi connectivity index (χ1v) is 15.9. The van der Waals surface area contributed by atoms with Crippen molar-refractivity contribution in [1.29, 1.82) is 0 Å². The summed E-state index contributed by atoms with van der Waals surface area (Å²) in [5.41, 5.74) is 8.09.